The van der Waals surface area contributed by atoms with Gasteiger partial charge in [0.25, 0.3) is 0 Å². The Labute approximate surface area is 149 Å². The van der Waals surface area contributed by atoms with Gasteiger partial charge in [0.1, 0.15) is 0 Å². The molecular formula is C11H10Na2O5. The second-order valence-electron chi connectivity index (χ2n) is 3.52. The van der Waals surface area contributed by atoms with Gasteiger partial charge in [-0.15, -0.1) is 0 Å². The van der Waals surface area contributed by atoms with Gasteiger partial charge in [-0.3, -0.25) is 0 Å². The van der Waals surface area contributed by atoms with Gasteiger partial charge < -0.3 is 24.9 Å². The van der Waals surface area contributed by atoms with Crippen LogP contribution in [-0.2, 0) is 9.59 Å². The summed E-state index contributed by atoms with van der Waals surface area (Å²) in [5.41, 5.74) is -0.269. The number of aliphatic carboxylic acids is 2. The fraction of sp³-hybridized carbons (Fsp3) is 0.273. The Hall–Kier alpha value is 0.120. The molecule has 0 saturated carbocycles. The van der Waals surface area contributed by atoms with E-state index in [1.807, 2.05) is 0 Å². The quantitative estimate of drug-likeness (QED) is 0.403. The van der Waals surface area contributed by atoms with E-state index in [0.717, 1.165) is 0 Å². The molecule has 0 amide bonds. The van der Waals surface area contributed by atoms with Crippen LogP contribution in [0.5, 0.6) is 0 Å². The van der Waals surface area contributed by atoms with Crippen molar-refractivity contribution in [2.24, 2.45) is 5.92 Å². The van der Waals surface area contributed by atoms with Crippen LogP contribution >= 0.6 is 0 Å². The standard InChI is InChI=1S/C11H12O5.2Na/c1-6(10(13)14)4-8-5-7(11(15)16)2-3-9(8)12;;/h2-3,5,8-9,12H,1,4H2,(H,13,14)(H,15,16);;/q;2*+1/p-2/t8-,9?;;/m1../s1. The zero-order chi connectivity index (χ0) is 12.3. The van der Waals surface area contributed by atoms with Crippen molar-refractivity contribution in [3.05, 3.63) is 36.0 Å². The van der Waals surface area contributed by atoms with Gasteiger partial charge in [0.05, 0.1) is 18.0 Å². The number of rotatable bonds is 4. The Morgan fingerprint density at radius 2 is 1.89 bits per heavy atom. The molecule has 2 atom stereocenters. The molecule has 0 aromatic carbocycles. The summed E-state index contributed by atoms with van der Waals surface area (Å²) in [5.74, 6) is -3.42. The van der Waals surface area contributed by atoms with Gasteiger partial charge >= 0.3 is 59.1 Å². The summed E-state index contributed by atoms with van der Waals surface area (Å²) >= 11 is 0. The van der Waals surface area contributed by atoms with E-state index in [2.05, 4.69) is 6.58 Å². The third kappa shape index (κ3) is 5.84. The maximum Gasteiger partial charge on any atom is 1.00 e. The number of carboxylic acid groups (broad SMARTS) is 2. The fourth-order valence-electron chi connectivity index (χ4n) is 1.41. The normalized spacial score (nSPS) is 21.1. The van der Waals surface area contributed by atoms with E-state index >= 15 is 0 Å². The molecule has 86 valence electrons. The van der Waals surface area contributed by atoms with Crippen LogP contribution in [0.15, 0.2) is 36.0 Å². The van der Waals surface area contributed by atoms with Gasteiger partial charge in [0.2, 0.25) is 0 Å². The Balaban J connectivity index is 0. The molecule has 0 aromatic rings. The molecule has 1 aliphatic rings. The van der Waals surface area contributed by atoms with Crippen molar-refractivity contribution in [2.75, 3.05) is 0 Å². The first kappa shape index (κ1) is 20.4. The average molecular weight is 268 g/mol. The summed E-state index contributed by atoms with van der Waals surface area (Å²) < 4.78 is 0. The second-order valence-corrected chi connectivity index (χ2v) is 3.52. The molecule has 1 unspecified atom stereocenters. The van der Waals surface area contributed by atoms with Crippen LogP contribution in [-0.4, -0.2) is 23.1 Å². The van der Waals surface area contributed by atoms with Crippen LogP contribution in [0.3, 0.4) is 0 Å². The largest absolute Gasteiger partial charge is 1.00 e. The molecule has 0 aromatic heterocycles. The summed E-state index contributed by atoms with van der Waals surface area (Å²) in [6.45, 7) is 3.26. The molecule has 1 rings (SSSR count). The summed E-state index contributed by atoms with van der Waals surface area (Å²) in [6, 6.07) is 0. The Morgan fingerprint density at radius 3 is 2.33 bits per heavy atom. The summed E-state index contributed by atoms with van der Waals surface area (Å²) in [4.78, 5) is 21.0. The van der Waals surface area contributed by atoms with Crippen LogP contribution in [0.1, 0.15) is 6.42 Å². The molecule has 1 aliphatic carbocycles. The van der Waals surface area contributed by atoms with Crippen LogP contribution < -0.4 is 69.3 Å². The minimum absolute atomic E-state index is 0. The molecule has 0 spiro atoms. The Kier molecular flexibility index (Phi) is 10.3. The van der Waals surface area contributed by atoms with Crippen LogP contribution in [0, 0.1) is 5.92 Å². The van der Waals surface area contributed by atoms with Crippen LogP contribution in [0.25, 0.3) is 0 Å². The molecule has 0 aliphatic heterocycles. The number of aliphatic hydroxyl groups is 1. The molecule has 0 radical (unpaired) electrons. The van der Waals surface area contributed by atoms with Crippen molar-refractivity contribution in [1.29, 1.82) is 0 Å². The smallest absolute Gasteiger partial charge is 0.545 e. The monoisotopic (exact) mass is 268 g/mol. The third-order valence-corrected chi connectivity index (χ3v) is 2.31. The van der Waals surface area contributed by atoms with Crippen molar-refractivity contribution < 1.29 is 84.0 Å². The van der Waals surface area contributed by atoms with Gasteiger partial charge in [-0.2, -0.15) is 0 Å². The molecular weight excluding hydrogens is 258 g/mol. The first-order chi connectivity index (χ1) is 7.41. The van der Waals surface area contributed by atoms with E-state index < -0.39 is 24.0 Å². The van der Waals surface area contributed by atoms with E-state index in [1.165, 1.54) is 18.2 Å². The molecule has 1 N–H and O–H groups in total. The van der Waals surface area contributed by atoms with E-state index in [1.54, 1.807) is 0 Å². The van der Waals surface area contributed by atoms with Crippen LogP contribution in [0.2, 0.25) is 0 Å². The predicted molar refractivity (Wildman–Crippen MR) is 50.5 cm³/mol. The molecule has 0 fully saturated rings. The number of carboxylic acids is 2. The Morgan fingerprint density at radius 1 is 1.33 bits per heavy atom. The topological polar surface area (TPSA) is 100 Å². The third-order valence-electron chi connectivity index (χ3n) is 2.31. The van der Waals surface area contributed by atoms with Crippen molar-refractivity contribution >= 4 is 11.9 Å². The van der Waals surface area contributed by atoms with Gasteiger partial charge in [0.15, 0.2) is 0 Å². The number of carbonyl (C=O) groups excluding carboxylic acids is 2. The average Bonchev–Trinajstić information content (AvgIpc) is 2.20. The zero-order valence-electron chi connectivity index (χ0n) is 10.4. The van der Waals surface area contributed by atoms with Crippen molar-refractivity contribution in [3.8, 4) is 0 Å². The predicted octanol–water partition coefficient (Wildman–Crippen LogP) is -8.09. The Bertz CT molecular complexity index is 400. The molecule has 5 nitrogen and oxygen atoms in total. The number of hydrogen-bond acceptors (Lipinski definition) is 5. The number of carbonyl (C=O) groups is 2. The van der Waals surface area contributed by atoms with E-state index in [9.17, 15) is 24.9 Å². The van der Waals surface area contributed by atoms with Gasteiger partial charge in [-0.1, -0.05) is 24.8 Å². The number of hydrogen-bond donors (Lipinski definition) is 1. The van der Waals surface area contributed by atoms with Crippen molar-refractivity contribution in [2.45, 2.75) is 12.5 Å². The zero-order valence-corrected chi connectivity index (χ0v) is 14.4. The summed E-state index contributed by atoms with van der Waals surface area (Å²) in [6.07, 6.45) is 2.76. The SMILES string of the molecule is C=C(C[C@@H]1C=C(C(=O)[O-])C=CC1O)C(=O)[O-].[Na+].[Na+]. The maximum atomic E-state index is 10.6. The first-order valence-corrected chi connectivity index (χ1v) is 4.60. The van der Waals surface area contributed by atoms with Gasteiger partial charge in [0, 0.05) is 5.92 Å². The van der Waals surface area contributed by atoms with Crippen molar-refractivity contribution in [1.82, 2.24) is 0 Å². The second kappa shape index (κ2) is 9.09. The fourth-order valence-corrected chi connectivity index (χ4v) is 1.41. The number of aliphatic hydroxyl groups excluding tert-OH is 1. The van der Waals surface area contributed by atoms with E-state index in [-0.39, 0.29) is 76.7 Å². The molecule has 7 heteroatoms. The van der Waals surface area contributed by atoms with Gasteiger partial charge in [-0.05, 0) is 17.6 Å². The first-order valence-electron chi connectivity index (χ1n) is 4.60. The van der Waals surface area contributed by atoms with Crippen molar-refractivity contribution in [3.63, 3.8) is 0 Å². The minimum Gasteiger partial charge on any atom is -0.545 e. The minimum atomic E-state index is -1.41. The maximum absolute atomic E-state index is 10.6. The van der Waals surface area contributed by atoms with E-state index in [4.69, 9.17) is 0 Å². The molecule has 18 heavy (non-hydrogen) atoms. The van der Waals surface area contributed by atoms with E-state index in [0.29, 0.717) is 0 Å². The molecule has 0 heterocycles. The molecule has 0 bridgehead atoms. The molecule has 0 saturated heterocycles. The summed E-state index contributed by atoms with van der Waals surface area (Å²) in [7, 11) is 0. The summed E-state index contributed by atoms with van der Waals surface area (Å²) in [5, 5.41) is 30.5. The van der Waals surface area contributed by atoms with Crippen LogP contribution in [0.4, 0.5) is 0 Å². The van der Waals surface area contributed by atoms with Gasteiger partial charge in [-0.25, -0.2) is 0 Å².